The first-order chi connectivity index (χ1) is 11.6. The molecule has 7 heteroatoms. The molecule has 1 aromatic rings. The molecule has 0 saturated carbocycles. The van der Waals surface area contributed by atoms with Crippen LogP contribution in [0.4, 0.5) is 0 Å². The highest BCUT2D eigenvalue weighted by Crippen LogP contribution is 2.28. The largest absolute Gasteiger partial charge is 0.492 e. The zero-order valence-electron chi connectivity index (χ0n) is 14.2. The summed E-state index contributed by atoms with van der Waals surface area (Å²) in [4.78, 5) is 23.6. The van der Waals surface area contributed by atoms with Gasteiger partial charge in [0.2, 0.25) is 0 Å². The van der Waals surface area contributed by atoms with E-state index in [1.807, 2.05) is 19.2 Å². The minimum Gasteiger partial charge on any atom is -0.492 e. The molecular formula is C17H25N3O4. The SMILES string of the molecule is CCOC(=O)C(C)CCOc1cc2n(c1)C1NCCC(=O)C1NC2. The average molecular weight is 335 g/mol. The van der Waals surface area contributed by atoms with Crippen molar-refractivity contribution in [3.63, 3.8) is 0 Å². The van der Waals surface area contributed by atoms with Crippen LogP contribution in [0, 0.1) is 5.92 Å². The lowest BCUT2D eigenvalue weighted by Crippen LogP contribution is -2.56. The van der Waals surface area contributed by atoms with Gasteiger partial charge in [-0.05, 0) is 13.3 Å². The Morgan fingerprint density at radius 2 is 2.29 bits per heavy atom. The summed E-state index contributed by atoms with van der Waals surface area (Å²) >= 11 is 0. The monoisotopic (exact) mass is 335 g/mol. The van der Waals surface area contributed by atoms with Gasteiger partial charge in [-0.25, -0.2) is 0 Å². The number of rotatable bonds is 6. The highest BCUT2D eigenvalue weighted by molar-refractivity contribution is 5.85. The summed E-state index contributed by atoms with van der Waals surface area (Å²) < 4.78 is 12.9. The summed E-state index contributed by atoms with van der Waals surface area (Å²) in [6, 6.07) is 1.81. The molecule has 0 spiro atoms. The first-order valence-corrected chi connectivity index (χ1v) is 8.59. The third-order valence-corrected chi connectivity index (χ3v) is 4.61. The molecule has 7 nitrogen and oxygen atoms in total. The molecule has 0 aromatic carbocycles. The minimum absolute atomic E-state index is 0.0502. The molecule has 0 bridgehead atoms. The Morgan fingerprint density at radius 3 is 3.08 bits per heavy atom. The van der Waals surface area contributed by atoms with Crippen molar-refractivity contribution >= 4 is 11.8 Å². The normalized spacial score (nSPS) is 24.0. The molecule has 3 heterocycles. The Morgan fingerprint density at radius 1 is 1.46 bits per heavy atom. The van der Waals surface area contributed by atoms with Gasteiger partial charge in [0.25, 0.3) is 0 Å². The van der Waals surface area contributed by atoms with Gasteiger partial charge in [-0.2, -0.15) is 0 Å². The molecule has 0 radical (unpaired) electrons. The van der Waals surface area contributed by atoms with Crippen LogP contribution in [0.25, 0.3) is 0 Å². The molecule has 1 aromatic heterocycles. The standard InChI is InChI=1S/C17H25N3O4/c1-3-23-17(22)11(2)5-7-24-13-8-12-9-19-15-14(21)4-6-18-16(15)20(12)10-13/h8,10-11,15-16,18-19H,3-7,9H2,1-2H3. The van der Waals surface area contributed by atoms with Gasteiger partial charge in [0.05, 0.1) is 19.1 Å². The predicted octanol–water partition coefficient (Wildman–Crippen LogP) is 0.989. The first kappa shape index (κ1) is 17.0. The molecule has 2 aliphatic rings. The van der Waals surface area contributed by atoms with E-state index in [0.29, 0.717) is 39.1 Å². The van der Waals surface area contributed by atoms with E-state index in [9.17, 15) is 9.59 Å². The molecule has 1 saturated heterocycles. The first-order valence-electron chi connectivity index (χ1n) is 8.59. The number of carbonyl (C=O) groups is 2. The number of Topliss-reactive ketones (excluding diaryl/α,β-unsaturated/α-hetero) is 1. The van der Waals surface area contributed by atoms with E-state index in [1.165, 1.54) is 0 Å². The molecule has 1 fully saturated rings. The number of aromatic nitrogens is 1. The second-order valence-electron chi connectivity index (χ2n) is 6.34. The van der Waals surface area contributed by atoms with Crippen molar-refractivity contribution in [2.24, 2.45) is 5.92 Å². The van der Waals surface area contributed by atoms with Crippen LogP contribution in [-0.4, -0.2) is 42.1 Å². The van der Waals surface area contributed by atoms with Gasteiger partial charge in [-0.3, -0.25) is 20.2 Å². The highest BCUT2D eigenvalue weighted by atomic mass is 16.5. The van der Waals surface area contributed by atoms with E-state index in [-0.39, 0.29) is 29.9 Å². The van der Waals surface area contributed by atoms with Gasteiger partial charge in [0, 0.05) is 37.5 Å². The molecule has 3 atom stereocenters. The lowest BCUT2D eigenvalue weighted by Gasteiger charge is -2.37. The zero-order valence-corrected chi connectivity index (χ0v) is 14.2. The number of carbonyl (C=O) groups excluding carboxylic acids is 2. The summed E-state index contributed by atoms with van der Waals surface area (Å²) in [5, 5.41) is 6.68. The van der Waals surface area contributed by atoms with Crippen molar-refractivity contribution in [2.75, 3.05) is 19.8 Å². The van der Waals surface area contributed by atoms with Crippen LogP contribution < -0.4 is 15.4 Å². The number of ether oxygens (including phenoxy) is 2. The number of ketones is 1. The lowest BCUT2D eigenvalue weighted by molar-refractivity contribution is -0.147. The van der Waals surface area contributed by atoms with Crippen LogP contribution in [0.5, 0.6) is 5.75 Å². The molecule has 3 unspecified atom stereocenters. The minimum atomic E-state index is -0.186. The van der Waals surface area contributed by atoms with Gasteiger partial charge < -0.3 is 14.0 Å². The van der Waals surface area contributed by atoms with E-state index in [1.54, 1.807) is 6.92 Å². The van der Waals surface area contributed by atoms with Crippen molar-refractivity contribution in [3.8, 4) is 5.75 Å². The van der Waals surface area contributed by atoms with Crippen molar-refractivity contribution in [1.82, 2.24) is 15.2 Å². The van der Waals surface area contributed by atoms with E-state index < -0.39 is 0 Å². The number of piperidine rings is 1. The number of hydrogen-bond donors (Lipinski definition) is 2. The second kappa shape index (κ2) is 7.36. The third kappa shape index (κ3) is 3.47. The fraction of sp³-hybridized carbons (Fsp3) is 0.647. The van der Waals surface area contributed by atoms with E-state index in [2.05, 4.69) is 15.2 Å². The molecule has 3 rings (SSSR count). The maximum Gasteiger partial charge on any atom is 0.308 e. The Kier molecular flexibility index (Phi) is 5.20. The summed E-state index contributed by atoms with van der Waals surface area (Å²) in [6.45, 7) is 5.86. The smallest absolute Gasteiger partial charge is 0.308 e. The maximum absolute atomic E-state index is 12.0. The van der Waals surface area contributed by atoms with E-state index >= 15 is 0 Å². The van der Waals surface area contributed by atoms with Crippen molar-refractivity contribution in [2.45, 2.75) is 45.4 Å². The quantitative estimate of drug-likeness (QED) is 0.755. The Labute approximate surface area is 141 Å². The summed E-state index contributed by atoms with van der Waals surface area (Å²) in [5.74, 6) is 0.660. The van der Waals surface area contributed by atoms with Crippen LogP contribution in [-0.2, 0) is 20.9 Å². The van der Waals surface area contributed by atoms with Gasteiger partial charge in [0.1, 0.15) is 18.0 Å². The van der Waals surface area contributed by atoms with Gasteiger partial charge >= 0.3 is 5.97 Å². The zero-order chi connectivity index (χ0) is 17.1. The second-order valence-corrected chi connectivity index (χ2v) is 6.34. The van der Waals surface area contributed by atoms with Crippen LogP contribution in [0.3, 0.4) is 0 Å². The maximum atomic E-state index is 12.0. The van der Waals surface area contributed by atoms with E-state index in [0.717, 1.165) is 11.4 Å². The Hall–Kier alpha value is -1.86. The molecular weight excluding hydrogens is 310 g/mol. The van der Waals surface area contributed by atoms with Crippen molar-refractivity contribution in [1.29, 1.82) is 0 Å². The summed E-state index contributed by atoms with van der Waals surface area (Å²) in [7, 11) is 0. The molecule has 2 N–H and O–H groups in total. The Balaban J connectivity index is 1.58. The van der Waals surface area contributed by atoms with Crippen molar-refractivity contribution < 1.29 is 19.1 Å². The molecule has 132 valence electrons. The number of fused-ring (bicyclic) bond motifs is 3. The van der Waals surface area contributed by atoms with Crippen LogP contribution in [0.1, 0.15) is 38.5 Å². The van der Waals surface area contributed by atoms with Crippen LogP contribution >= 0.6 is 0 Å². The Bertz CT molecular complexity index is 613. The highest BCUT2D eigenvalue weighted by Gasteiger charge is 2.36. The van der Waals surface area contributed by atoms with Crippen LogP contribution in [0.2, 0.25) is 0 Å². The predicted molar refractivity (Wildman–Crippen MR) is 87.6 cm³/mol. The topological polar surface area (TPSA) is 81.6 Å². The molecule has 2 aliphatic heterocycles. The molecule has 24 heavy (non-hydrogen) atoms. The number of esters is 1. The summed E-state index contributed by atoms with van der Waals surface area (Å²) in [5.41, 5.74) is 1.09. The van der Waals surface area contributed by atoms with Gasteiger partial charge in [-0.1, -0.05) is 6.92 Å². The fourth-order valence-electron chi connectivity index (χ4n) is 3.22. The van der Waals surface area contributed by atoms with Gasteiger partial charge in [-0.15, -0.1) is 0 Å². The molecule has 0 aliphatic carbocycles. The average Bonchev–Trinajstić information content (AvgIpc) is 2.98. The number of hydrogen-bond acceptors (Lipinski definition) is 6. The van der Waals surface area contributed by atoms with Gasteiger partial charge in [0.15, 0.2) is 5.78 Å². The fourth-order valence-corrected chi connectivity index (χ4v) is 3.22. The number of nitrogens with one attached hydrogen (secondary N) is 2. The lowest BCUT2D eigenvalue weighted by atomic mass is 10.0. The molecule has 0 amide bonds. The van der Waals surface area contributed by atoms with E-state index in [4.69, 9.17) is 9.47 Å². The van der Waals surface area contributed by atoms with Crippen LogP contribution in [0.15, 0.2) is 12.3 Å². The third-order valence-electron chi connectivity index (χ3n) is 4.61. The van der Waals surface area contributed by atoms with Crippen molar-refractivity contribution in [3.05, 3.63) is 18.0 Å². The summed E-state index contributed by atoms with van der Waals surface area (Å²) in [6.07, 6.45) is 3.07. The number of nitrogens with zero attached hydrogens (tertiary/aromatic N) is 1.